The third kappa shape index (κ3) is 3.99. The number of benzene rings is 1. The summed E-state index contributed by atoms with van der Waals surface area (Å²) in [5.74, 6) is 0.678. The highest BCUT2D eigenvalue weighted by molar-refractivity contribution is 7.89. The fraction of sp³-hybridized carbons (Fsp3) is 0.444. The molecule has 134 valence electrons. The van der Waals surface area contributed by atoms with Crippen molar-refractivity contribution in [2.75, 3.05) is 18.0 Å². The second-order valence-electron chi connectivity index (χ2n) is 6.59. The highest BCUT2D eigenvalue weighted by Crippen LogP contribution is 2.22. The van der Waals surface area contributed by atoms with Gasteiger partial charge in [0, 0.05) is 19.3 Å². The summed E-state index contributed by atoms with van der Waals surface area (Å²) in [6.45, 7) is 7.67. The Bertz CT molecular complexity index is 851. The van der Waals surface area contributed by atoms with Crippen LogP contribution in [0.1, 0.15) is 35.2 Å². The predicted octanol–water partition coefficient (Wildman–Crippen LogP) is 2.48. The molecule has 1 aromatic heterocycles. The largest absolute Gasteiger partial charge is 0.341 e. The molecule has 0 bridgehead atoms. The summed E-state index contributed by atoms with van der Waals surface area (Å²) < 4.78 is 28.1. The molecule has 3 rings (SSSR count). The van der Waals surface area contributed by atoms with E-state index in [1.54, 1.807) is 12.3 Å². The number of anilines is 1. The van der Waals surface area contributed by atoms with Crippen molar-refractivity contribution < 1.29 is 8.42 Å². The van der Waals surface area contributed by atoms with E-state index in [0.29, 0.717) is 16.5 Å². The monoisotopic (exact) mass is 360 g/mol. The number of sulfonamides is 1. The van der Waals surface area contributed by atoms with Crippen LogP contribution in [0.25, 0.3) is 0 Å². The molecule has 0 spiro atoms. The third-order valence-corrected chi connectivity index (χ3v) is 6.11. The van der Waals surface area contributed by atoms with E-state index in [2.05, 4.69) is 19.6 Å². The lowest BCUT2D eigenvalue weighted by Gasteiger charge is -2.16. The highest BCUT2D eigenvalue weighted by Gasteiger charge is 2.20. The number of nitrogens with one attached hydrogen (secondary N) is 1. The van der Waals surface area contributed by atoms with E-state index in [9.17, 15) is 8.42 Å². The van der Waals surface area contributed by atoms with Crippen LogP contribution in [-0.4, -0.2) is 31.5 Å². The first-order valence-electron chi connectivity index (χ1n) is 8.51. The Morgan fingerprint density at radius 1 is 1.12 bits per heavy atom. The minimum atomic E-state index is -3.59. The molecule has 1 aliphatic rings. The van der Waals surface area contributed by atoms with Gasteiger partial charge in [0.1, 0.15) is 0 Å². The van der Waals surface area contributed by atoms with Gasteiger partial charge < -0.3 is 4.90 Å². The maximum Gasteiger partial charge on any atom is 0.241 e. The number of aryl methyl sites for hydroxylation is 3. The topological polar surface area (TPSA) is 75.2 Å². The first-order chi connectivity index (χ1) is 11.9. The van der Waals surface area contributed by atoms with Gasteiger partial charge in [-0.2, -0.15) is 0 Å². The highest BCUT2D eigenvalue weighted by atomic mass is 32.2. The fourth-order valence-electron chi connectivity index (χ4n) is 3.38. The molecule has 1 aromatic carbocycles. The molecule has 6 nitrogen and oxygen atoms in total. The van der Waals surface area contributed by atoms with Gasteiger partial charge in [0.05, 0.1) is 17.1 Å². The molecule has 0 unspecified atom stereocenters. The van der Waals surface area contributed by atoms with Gasteiger partial charge in [-0.15, -0.1) is 0 Å². The van der Waals surface area contributed by atoms with E-state index in [-0.39, 0.29) is 6.54 Å². The lowest BCUT2D eigenvalue weighted by Crippen LogP contribution is -2.26. The summed E-state index contributed by atoms with van der Waals surface area (Å²) in [7, 11) is -3.59. The summed E-state index contributed by atoms with van der Waals surface area (Å²) in [6, 6.07) is 5.52. The van der Waals surface area contributed by atoms with Gasteiger partial charge in [-0.1, -0.05) is 17.7 Å². The Morgan fingerprint density at radius 2 is 1.76 bits per heavy atom. The van der Waals surface area contributed by atoms with E-state index in [4.69, 9.17) is 0 Å². The first kappa shape index (κ1) is 17.8. The van der Waals surface area contributed by atoms with Gasteiger partial charge in [-0.25, -0.2) is 23.1 Å². The van der Waals surface area contributed by atoms with Gasteiger partial charge in [0.2, 0.25) is 16.0 Å². The fourth-order valence-corrected chi connectivity index (χ4v) is 4.83. The predicted molar refractivity (Wildman–Crippen MR) is 98.2 cm³/mol. The minimum absolute atomic E-state index is 0.151. The van der Waals surface area contributed by atoms with Crippen molar-refractivity contribution in [2.24, 2.45) is 0 Å². The van der Waals surface area contributed by atoms with Crippen molar-refractivity contribution in [3.63, 3.8) is 0 Å². The van der Waals surface area contributed by atoms with Crippen LogP contribution in [0.5, 0.6) is 0 Å². The lowest BCUT2D eigenvalue weighted by molar-refractivity contribution is 0.579. The molecule has 0 saturated carbocycles. The maximum absolute atomic E-state index is 12.7. The molecule has 1 aliphatic heterocycles. The minimum Gasteiger partial charge on any atom is -0.341 e. The van der Waals surface area contributed by atoms with Gasteiger partial charge in [0.15, 0.2) is 0 Å². The zero-order valence-electron chi connectivity index (χ0n) is 14.9. The second kappa shape index (κ2) is 7.09. The van der Waals surface area contributed by atoms with Crippen molar-refractivity contribution in [1.82, 2.24) is 14.7 Å². The molecule has 25 heavy (non-hydrogen) atoms. The molecule has 7 heteroatoms. The third-order valence-electron chi connectivity index (χ3n) is 4.41. The standard InChI is InChI=1S/C18H24N4O2S/c1-13-10-14(2)17(15(3)11-13)25(23,24)20-12-16-6-7-19-18(21-16)22-8-4-5-9-22/h6-7,10-11,20H,4-5,8-9,12H2,1-3H3. The van der Waals surface area contributed by atoms with Crippen LogP contribution in [0.4, 0.5) is 5.95 Å². The van der Waals surface area contributed by atoms with E-state index >= 15 is 0 Å². The summed E-state index contributed by atoms with van der Waals surface area (Å²) in [6.07, 6.45) is 3.98. The number of hydrogen-bond donors (Lipinski definition) is 1. The Hall–Kier alpha value is -1.99. The molecule has 0 radical (unpaired) electrons. The molecule has 0 amide bonds. The molecule has 2 aromatic rings. The Labute approximate surface area is 149 Å². The molecule has 1 saturated heterocycles. The van der Waals surface area contributed by atoms with Crippen LogP contribution < -0.4 is 9.62 Å². The van der Waals surface area contributed by atoms with Crippen LogP contribution in [-0.2, 0) is 16.6 Å². The van der Waals surface area contributed by atoms with Crippen LogP contribution >= 0.6 is 0 Å². The maximum atomic E-state index is 12.7. The number of aromatic nitrogens is 2. The van der Waals surface area contributed by atoms with Gasteiger partial charge >= 0.3 is 0 Å². The Kier molecular flexibility index (Phi) is 5.06. The van der Waals surface area contributed by atoms with Crippen molar-refractivity contribution in [2.45, 2.75) is 45.1 Å². The van der Waals surface area contributed by atoms with Crippen molar-refractivity contribution in [3.05, 3.63) is 46.8 Å². The quantitative estimate of drug-likeness (QED) is 0.887. The molecular formula is C18H24N4O2S. The van der Waals surface area contributed by atoms with E-state index < -0.39 is 10.0 Å². The summed E-state index contributed by atoms with van der Waals surface area (Å²) in [4.78, 5) is 11.3. The van der Waals surface area contributed by atoms with Crippen LogP contribution in [0, 0.1) is 20.8 Å². The molecule has 1 fully saturated rings. The molecule has 2 heterocycles. The summed E-state index contributed by atoms with van der Waals surface area (Å²) in [5.41, 5.74) is 3.23. The smallest absolute Gasteiger partial charge is 0.241 e. The normalized spacial score (nSPS) is 14.9. The molecule has 0 aliphatic carbocycles. The molecular weight excluding hydrogens is 336 g/mol. The number of rotatable bonds is 5. The first-order valence-corrected chi connectivity index (χ1v) is 9.99. The second-order valence-corrected chi connectivity index (χ2v) is 8.30. The molecule has 1 N–H and O–H groups in total. The Morgan fingerprint density at radius 3 is 2.40 bits per heavy atom. The van der Waals surface area contributed by atoms with Crippen molar-refractivity contribution in [1.29, 1.82) is 0 Å². The average molecular weight is 360 g/mol. The summed E-state index contributed by atoms with van der Waals surface area (Å²) >= 11 is 0. The zero-order valence-corrected chi connectivity index (χ0v) is 15.7. The zero-order chi connectivity index (χ0) is 18.0. The number of nitrogens with zero attached hydrogens (tertiary/aromatic N) is 3. The van der Waals surface area contributed by atoms with Gasteiger partial charge in [-0.05, 0) is 50.8 Å². The Balaban J connectivity index is 1.78. The van der Waals surface area contributed by atoms with Crippen molar-refractivity contribution in [3.8, 4) is 0 Å². The molecule has 0 atom stereocenters. The van der Waals surface area contributed by atoms with E-state index in [1.807, 2.05) is 32.9 Å². The lowest BCUT2D eigenvalue weighted by atomic mass is 10.1. The van der Waals surface area contributed by atoms with Crippen LogP contribution in [0.2, 0.25) is 0 Å². The van der Waals surface area contributed by atoms with Crippen molar-refractivity contribution >= 4 is 16.0 Å². The summed E-state index contributed by atoms with van der Waals surface area (Å²) in [5, 5.41) is 0. The van der Waals surface area contributed by atoms with Crippen LogP contribution in [0.3, 0.4) is 0 Å². The van der Waals surface area contributed by atoms with E-state index in [1.165, 1.54) is 0 Å². The van der Waals surface area contributed by atoms with Gasteiger partial charge in [-0.3, -0.25) is 0 Å². The van der Waals surface area contributed by atoms with E-state index in [0.717, 1.165) is 42.6 Å². The van der Waals surface area contributed by atoms with Gasteiger partial charge in [0.25, 0.3) is 0 Å². The SMILES string of the molecule is Cc1cc(C)c(S(=O)(=O)NCc2ccnc(N3CCCC3)n2)c(C)c1. The average Bonchev–Trinajstić information content (AvgIpc) is 3.06. The van der Waals surface area contributed by atoms with Crippen LogP contribution in [0.15, 0.2) is 29.3 Å². The number of hydrogen-bond acceptors (Lipinski definition) is 5.